The fraction of sp³-hybridized carbons (Fsp3) is 0.333. The zero-order chi connectivity index (χ0) is 16.3. The Bertz CT molecular complexity index is 751. The number of sulfonamides is 1. The van der Waals surface area contributed by atoms with E-state index in [1.54, 1.807) is 22.5 Å². The fourth-order valence-electron chi connectivity index (χ4n) is 2.81. The molecule has 4 nitrogen and oxygen atoms in total. The number of para-hydroxylation sites is 1. The molecule has 1 heterocycles. The van der Waals surface area contributed by atoms with Crippen LogP contribution in [0.2, 0.25) is 0 Å². The summed E-state index contributed by atoms with van der Waals surface area (Å²) in [5.74, 6) is 0.840. The van der Waals surface area contributed by atoms with E-state index in [1.807, 2.05) is 43.3 Å². The van der Waals surface area contributed by atoms with Gasteiger partial charge in [0.1, 0.15) is 11.9 Å². The number of ether oxygens (including phenoxy) is 1. The molecule has 1 saturated heterocycles. The van der Waals surface area contributed by atoms with E-state index in [2.05, 4.69) is 0 Å². The summed E-state index contributed by atoms with van der Waals surface area (Å²) in [6, 6.07) is 16.7. The molecule has 0 spiro atoms. The van der Waals surface area contributed by atoms with Gasteiger partial charge in [0.2, 0.25) is 10.0 Å². The number of hydrogen-bond acceptors (Lipinski definition) is 3. The highest BCUT2D eigenvalue weighted by molar-refractivity contribution is 7.89. The molecule has 0 aromatic heterocycles. The Balaban J connectivity index is 1.64. The van der Waals surface area contributed by atoms with Gasteiger partial charge in [0.25, 0.3) is 0 Å². The summed E-state index contributed by atoms with van der Waals surface area (Å²) in [4.78, 5) is 0.375. The Morgan fingerprint density at radius 1 is 1.00 bits per heavy atom. The molecule has 122 valence electrons. The summed E-state index contributed by atoms with van der Waals surface area (Å²) >= 11 is 0. The second-order valence-corrected chi connectivity index (χ2v) is 7.79. The van der Waals surface area contributed by atoms with Crippen molar-refractivity contribution in [1.29, 1.82) is 0 Å². The van der Waals surface area contributed by atoms with Crippen LogP contribution in [0.1, 0.15) is 18.4 Å². The summed E-state index contributed by atoms with van der Waals surface area (Å²) in [7, 11) is -3.40. The second kappa shape index (κ2) is 6.72. The Labute approximate surface area is 137 Å². The minimum absolute atomic E-state index is 0.0707. The molecule has 5 heteroatoms. The van der Waals surface area contributed by atoms with E-state index in [0.29, 0.717) is 30.8 Å². The van der Waals surface area contributed by atoms with E-state index in [1.165, 1.54) is 0 Å². The zero-order valence-corrected chi connectivity index (χ0v) is 14.0. The number of rotatable bonds is 4. The molecule has 0 aliphatic carbocycles. The van der Waals surface area contributed by atoms with Crippen molar-refractivity contribution in [3.05, 3.63) is 60.2 Å². The minimum atomic E-state index is -3.40. The molecule has 0 atom stereocenters. The van der Waals surface area contributed by atoms with E-state index >= 15 is 0 Å². The topological polar surface area (TPSA) is 46.6 Å². The third-order valence-corrected chi connectivity index (χ3v) is 5.97. The first-order chi connectivity index (χ1) is 11.1. The van der Waals surface area contributed by atoms with Crippen molar-refractivity contribution < 1.29 is 13.2 Å². The quantitative estimate of drug-likeness (QED) is 0.864. The second-order valence-electron chi connectivity index (χ2n) is 5.85. The maximum atomic E-state index is 12.7. The van der Waals surface area contributed by atoms with Gasteiger partial charge in [0.15, 0.2) is 0 Å². The van der Waals surface area contributed by atoms with Gasteiger partial charge in [0, 0.05) is 13.1 Å². The first-order valence-electron chi connectivity index (χ1n) is 7.84. The highest BCUT2D eigenvalue weighted by Crippen LogP contribution is 2.24. The largest absolute Gasteiger partial charge is 0.490 e. The van der Waals surface area contributed by atoms with Gasteiger partial charge in [-0.2, -0.15) is 4.31 Å². The molecule has 0 unspecified atom stereocenters. The van der Waals surface area contributed by atoms with Gasteiger partial charge >= 0.3 is 0 Å². The van der Waals surface area contributed by atoms with Crippen LogP contribution >= 0.6 is 0 Å². The maximum absolute atomic E-state index is 12.7. The Kier molecular flexibility index (Phi) is 4.68. The smallest absolute Gasteiger partial charge is 0.243 e. The van der Waals surface area contributed by atoms with E-state index in [9.17, 15) is 8.42 Å². The Morgan fingerprint density at radius 2 is 1.70 bits per heavy atom. The SMILES string of the molecule is Cc1cccc(S(=O)(=O)N2CCC(Oc3ccccc3)CC2)c1. The number of hydrogen-bond donors (Lipinski definition) is 0. The summed E-state index contributed by atoms with van der Waals surface area (Å²) < 4.78 is 32.9. The normalized spacial score (nSPS) is 17.1. The highest BCUT2D eigenvalue weighted by Gasteiger charge is 2.30. The molecule has 1 fully saturated rings. The number of benzene rings is 2. The average Bonchev–Trinajstić information content (AvgIpc) is 2.56. The lowest BCUT2D eigenvalue weighted by atomic mass is 10.1. The van der Waals surface area contributed by atoms with E-state index in [0.717, 1.165) is 11.3 Å². The lowest BCUT2D eigenvalue weighted by Crippen LogP contribution is -2.41. The Morgan fingerprint density at radius 3 is 2.35 bits per heavy atom. The van der Waals surface area contributed by atoms with Crippen LogP contribution in [0.4, 0.5) is 0 Å². The predicted molar refractivity (Wildman–Crippen MR) is 90.0 cm³/mol. The average molecular weight is 331 g/mol. The van der Waals surface area contributed by atoms with Crippen LogP contribution in [-0.2, 0) is 10.0 Å². The molecular weight excluding hydrogens is 310 g/mol. The van der Waals surface area contributed by atoms with Gasteiger partial charge in [-0.05, 0) is 49.6 Å². The van der Waals surface area contributed by atoms with Crippen molar-refractivity contribution in [2.45, 2.75) is 30.8 Å². The minimum Gasteiger partial charge on any atom is -0.490 e. The number of piperidine rings is 1. The zero-order valence-electron chi connectivity index (χ0n) is 13.2. The molecule has 0 saturated carbocycles. The van der Waals surface area contributed by atoms with Gasteiger partial charge in [-0.1, -0.05) is 30.3 Å². The molecule has 0 bridgehead atoms. The van der Waals surface area contributed by atoms with E-state index in [-0.39, 0.29) is 6.10 Å². The molecule has 2 aromatic carbocycles. The van der Waals surface area contributed by atoms with Crippen LogP contribution in [0.5, 0.6) is 5.75 Å². The monoisotopic (exact) mass is 331 g/mol. The first kappa shape index (κ1) is 16.0. The summed E-state index contributed by atoms with van der Waals surface area (Å²) in [6.07, 6.45) is 1.49. The van der Waals surface area contributed by atoms with Crippen molar-refractivity contribution in [2.75, 3.05) is 13.1 Å². The van der Waals surface area contributed by atoms with Gasteiger partial charge in [-0.3, -0.25) is 0 Å². The summed E-state index contributed by atoms with van der Waals surface area (Å²) in [6.45, 7) is 2.89. The van der Waals surface area contributed by atoms with Crippen LogP contribution in [0.3, 0.4) is 0 Å². The number of aryl methyl sites for hydroxylation is 1. The van der Waals surface area contributed by atoms with Gasteiger partial charge < -0.3 is 4.74 Å². The highest BCUT2D eigenvalue weighted by atomic mass is 32.2. The van der Waals surface area contributed by atoms with Crippen molar-refractivity contribution in [3.8, 4) is 5.75 Å². The van der Waals surface area contributed by atoms with Crippen molar-refractivity contribution >= 4 is 10.0 Å². The lowest BCUT2D eigenvalue weighted by molar-refractivity contribution is 0.135. The summed E-state index contributed by atoms with van der Waals surface area (Å²) in [5, 5.41) is 0. The summed E-state index contributed by atoms with van der Waals surface area (Å²) in [5.41, 5.74) is 0.952. The van der Waals surface area contributed by atoms with Crippen LogP contribution in [0.25, 0.3) is 0 Å². The Hall–Kier alpha value is -1.85. The van der Waals surface area contributed by atoms with Crippen LogP contribution < -0.4 is 4.74 Å². The molecule has 1 aliphatic rings. The molecule has 0 radical (unpaired) electrons. The van der Waals surface area contributed by atoms with E-state index in [4.69, 9.17) is 4.74 Å². The number of nitrogens with zero attached hydrogens (tertiary/aromatic N) is 1. The van der Waals surface area contributed by atoms with Gasteiger partial charge in [-0.25, -0.2) is 8.42 Å². The van der Waals surface area contributed by atoms with Crippen LogP contribution in [0.15, 0.2) is 59.5 Å². The third kappa shape index (κ3) is 3.74. The van der Waals surface area contributed by atoms with Crippen molar-refractivity contribution in [2.24, 2.45) is 0 Å². The molecule has 23 heavy (non-hydrogen) atoms. The van der Waals surface area contributed by atoms with Crippen molar-refractivity contribution in [3.63, 3.8) is 0 Å². The maximum Gasteiger partial charge on any atom is 0.243 e. The van der Waals surface area contributed by atoms with Gasteiger partial charge in [0.05, 0.1) is 4.90 Å². The predicted octanol–water partition coefficient (Wildman–Crippen LogP) is 3.23. The molecule has 0 N–H and O–H groups in total. The van der Waals surface area contributed by atoms with Crippen molar-refractivity contribution in [1.82, 2.24) is 4.31 Å². The molecule has 2 aromatic rings. The van der Waals surface area contributed by atoms with Crippen LogP contribution in [0, 0.1) is 6.92 Å². The van der Waals surface area contributed by atoms with Crippen LogP contribution in [-0.4, -0.2) is 31.9 Å². The molecular formula is C18H21NO3S. The standard InChI is InChI=1S/C18H21NO3S/c1-15-6-5-9-18(14-15)23(20,21)19-12-10-17(11-13-19)22-16-7-3-2-4-8-16/h2-9,14,17H,10-13H2,1H3. The fourth-order valence-corrected chi connectivity index (χ4v) is 4.38. The molecule has 0 amide bonds. The van der Waals surface area contributed by atoms with Gasteiger partial charge in [-0.15, -0.1) is 0 Å². The lowest BCUT2D eigenvalue weighted by Gasteiger charge is -2.31. The van der Waals surface area contributed by atoms with E-state index < -0.39 is 10.0 Å². The molecule has 1 aliphatic heterocycles. The first-order valence-corrected chi connectivity index (χ1v) is 9.28. The molecule has 3 rings (SSSR count). The third-order valence-electron chi connectivity index (χ3n) is 4.07.